The Hall–Kier alpha value is -3.53. The van der Waals surface area contributed by atoms with Gasteiger partial charge < -0.3 is 21.4 Å². The molecule has 0 saturated heterocycles. The number of halogens is 3. The average molecular weight is 517 g/mol. The Morgan fingerprint density at radius 1 is 1.06 bits per heavy atom. The molecule has 3 aromatic heterocycles. The van der Waals surface area contributed by atoms with Crippen LogP contribution in [0.1, 0.15) is 32.7 Å². The standard InChI is InChI=1S/C24H22ClFN6O2.ClH/c25-20-13-30-22-6-21(26)16(5-19(20)22)11-32-24(34)17-4-15(8-28-10-17)3-14-1-2-18(29-9-14)12-31-23(33)7-27;/h1-2,4-6,8-10,13,30H,3,7,11-12,27H2,(H,31,33)(H,32,34);1H. The van der Waals surface area contributed by atoms with Gasteiger partial charge in [-0.1, -0.05) is 17.7 Å². The molecule has 0 spiro atoms. The first-order valence-corrected chi connectivity index (χ1v) is 10.9. The van der Waals surface area contributed by atoms with Gasteiger partial charge in [0.05, 0.1) is 29.4 Å². The van der Waals surface area contributed by atoms with Crippen LogP contribution in [-0.2, 0) is 24.3 Å². The molecule has 4 aromatic rings. The number of carbonyl (C=O) groups excluding carboxylic acids is 2. The smallest absolute Gasteiger partial charge is 0.253 e. The summed E-state index contributed by atoms with van der Waals surface area (Å²) < 4.78 is 14.4. The predicted molar refractivity (Wildman–Crippen MR) is 134 cm³/mol. The normalized spacial score (nSPS) is 10.6. The Kier molecular flexibility index (Phi) is 8.75. The van der Waals surface area contributed by atoms with Crippen LogP contribution in [0.4, 0.5) is 4.39 Å². The Bertz CT molecular complexity index is 1340. The number of aromatic nitrogens is 3. The van der Waals surface area contributed by atoms with Crippen molar-refractivity contribution in [2.24, 2.45) is 5.73 Å². The number of carbonyl (C=O) groups is 2. The van der Waals surface area contributed by atoms with Gasteiger partial charge in [0.2, 0.25) is 5.91 Å². The van der Waals surface area contributed by atoms with E-state index in [9.17, 15) is 14.0 Å². The maximum absolute atomic E-state index is 14.4. The summed E-state index contributed by atoms with van der Waals surface area (Å²) in [4.78, 5) is 35.3. The van der Waals surface area contributed by atoms with Gasteiger partial charge >= 0.3 is 0 Å². The fraction of sp³-hybridized carbons (Fsp3) is 0.167. The molecule has 35 heavy (non-hydrogen) atoms. The zero-order valence-corrected chi connectivity index (χ0v) is 20.0. The Balaban J connectivity index is 0.00000342. The fourth-order valence-corrected chi connectivity index (χ4v) is 3.65. The molecule has 0 saturated carbocycles. The van der Waals surface area contributed by atoms with Gasteiger partial charge in [-0.25, -0.2) is 4.39 Å². The van der Waals surface area contributed by atoms with Gasteiger partial charge in [0.25, 0.3) is 5.91 Å². The van der Waals surface area contributed by atoms with Crippen LogP contribution in [0.2, 0.25) is 5.02 Å². The highest BCUT2D eigenvalue weighted by Gasteiger charge is 2.12. The molecule has 0 unspecified atom stereocenters. The lowest BCUT2D eigenvalue weighted by Gasteiger charge is -2.09. The molecule has 0 aliphatic heterocycles. The monoisotopic (exact) mass is 516 g/mol. The van der Waals surface area contributed by atoms with E-state index in [2.05, 4.69) is 25.6 Å². The van der Waals surface area contributed by atoms with Gasteiger partial charge in [0.15, 0.2) is 0 Å². The van der Waals surface area contributed by atoms with Crippen LogP contribution in [-0.4, -0.2) is 33.3 Å². The van der Waals surface area contributed by atoms with E-state index in [-0.39, 0.29) is 37.3 Å². The largest absolute Gasteiger partial charge is 0.360 e. The first kappa shape index (κ1) is 26.1. The highest BCUT2D eigenvalue weighted by atomic mass is 35.5. The summed E-state index contributed by atoms with van der Waals surface area (Å²) in [5.41, 5.74) is 9.02. The number of nitrogens with one attached hydrogen (secondary N) is 3. The minimum absolute atomic E-state index is 0. The second kappa shape index (κ2) is 11.7. The molecule has 0 radical (unpaired) electrons. The molecule has 0 fully saturated rings. The zero-order valence-electron chi connectivity index (χ0n) is 18.5. The average Bonchev–Trinajstić information content (AvgIpc) is 3.21. The molecule has 0 aliphatic rings. The van der Waals surface area contributed by atoms with Gasteiger partial charge in [-0.15, -0.1) is 12.4 Å². The van der Waals surface area contributed by atoms with Crippen molar-refractivity contribution in [3.63, 3.8) is 0 Å². The number of hydrogen-bond acceptors (Lipinski definition) is 5. The zero-order chi connectivity index (χ0) is 24.1. The molecule has 0 aliphatic carbocycles. The van der Waals surface area contributed by atoms with Crippen LogP contribution in [0.15, 0.2) is 55.1 Å². The second-order valence-corrected chi connectivity index (χ2v) is 8.11. The minimum atomic E-state index is -0.434. The second-order valence-electron chi connectivity index (χ2n) is 7.71. The maximum atomic E-state index is 14.4. The summed E-state index contributed by atoms with van der Waals surface area (Å²) in [6.07, 6.45) is 6.96. The van der Waals surface area contributed by atoms with Crippen LogP contribution < -0.4 is 16.4 Å². The van der Waals surface area contributed by atoms with Crippen LogP contribution in [0.5, 0.6) is 0 Å². The van der Waals surface area contributed by atoms with Crippen molar-refractivity contribution in [3.05, 3.63) is 93.9 Å². The number of aromatic amines is 1. The van der Waals surface area contributed by atoms with Crippen molar-refractivity contribution in [2.45, 2.75) is 19.5 Å². The number of H-pyrrole nitrogens is 1. The van der Waals surface area contributed by atoms with Crippen molar-refractivity contribution in [2.75, 3.05) is 6.54 Å². The van der Waals surface area contributed by atoms with Crippen molar-refractivity contribution in [3.8, 4) is 0 Å². The lowest BCUT2D eigenvalue weighted by Crippen LogP contribution is -2.29. The number of hydrogen-bond donors (Lipinski definition) is 4. The van der Waals surface area contributed by atoms with Gasteiger partial charge in [-0.2, -0.15) is 0 Å². The number of pyridine rings is 2. The fourth-order valence-electron chi connectivity index (χ4n) is 3.44. The van der Waals surface area contributed by atoms with E-state index in [0.29, 0.717) is 45.7 Å². The first-order chi connectivity index (χ1) is 16.4. The summed E-state index contributed by atoms with van der Waals surface area (Å²) in [5.74, 6) is -1.04. The predicted octanol–water partition coefficient (Wildman–Crippen LogP) is 3.27. The first-order valence-electron chi connectivity index (χ1n) is 10.5. The van der Waals surface area contributed by atoms with Gasteiger partial charge in [0.1, 0.15) is 5.82 Å². The van der Waals surface area contributed by atoms with Crippen molar-refractivity contribution in [1.29, 1.82) is 0 Å². The minimum Gasteiger partial charge on any atom is -0.360 e. The third-order valence-electron chi connectivity index (χ3n) is 5.24. The van der Waals surface area contributed by atoms with Gasteiger partial charge in [-0.3, -0.25) is 19.6 Å². The maximum Gasteiger partial charge on any atom is 0.253 e. The lowest BCUT2D eigenvalue weighted by atomic mass is 10.1. The SMILES string of the molecule is Cl.NCC(=O)NCc1ccc(Cc2cncc(C(=O)NCc3cc4c(Cl)c[nH]c4cc3F)c2)cn1. The number of nitrogens with two attached hydrogens (primary N) is 1. The molecule has 4 rings (SSSR count). The third-order valence-corrected chi connectivity index (χ3v) is 5.55. The molecule has 8 nitrogen and oxygen atoms in total. The van der Waals surface area contributed by atoms with E-state index in [0.717, 1.165) is 11.1 Å². The quantitative estimate of drug-likeness (QED) is 0.286. The number of rotatable bonds is 8. The molecule has 5 N–H and O–H groups in total. The van der Waals surface area contributed by atoms with Crippen LogP contribution in [0.3, 0.4) is 0 Å². The topological polar surface area (TPSA) is 126 Å². The van der Waals surface area contributed by atoms with E-state index in [1.807, 2.05) is 12.1 Å². The molecule has 0 bridgehead atoms. The van der Waals surface area contributed by atoms with Crippen LogP contribution >= 0.6 is 24.0 Å². The molecule has 1 aromatic carbocycles. The molecule has 182 valence electrons. The van der Waals surface area contributed by atoms with E-state index < -0.39 is 5.82 Å². The summed E-state index contributed by atoms with van der Waals surface area (Å²) in [7, 11) is 0. The lowest BCUT2D eigenvalue weighted by molar-refractivity contribution is -0.119. The summed E-state index contributed by atoms with van der Waals surface area (Å²) >= 11 is 6.11. The summed E-state index contributed by atoms with van der Waals surface area (Å²) in [5, 5.41) is 6.57. The van der Waals surface area contributed by atoms with E-state index in [1.54, 1.807) is 30.7 Å². The Labute approximate surface area is 211 Å². The van der Waals surface area contributed by atoms with Crippen molar-refractivity contribution in [1.82, 2.24) is 25.6 Å². The molecule has 0 atom stereocenters. The van der Waals surface area contributed by atoms with Crippen molar-refractivity contribution >= 4 is 46.7 Å². The van der Waals surface area contributed by atoms with Crippen molar-refractivity contribution < 1.29 is 14.0 Å². The Morgan fingerprint density at radius 2 is 1.89 bits per heavy atom. The van der Waals surface area contributed by atoms with E-state index in [1.165, 1.54) is 12.3 Å². The third kappa shape index (κ3) is 6.54. The molecule has 3 heterocycles. The van der Waals surface area contributed by atoms with Crippen LogP contribution in [0, 0.1) is 5.82 Å². The van der Waals surface area contributed by atoms with Crippen LogP contribution in [0.25, 0.3) is 10.9 Å². The number of benzene rings is 1. The molecule has 11 heteroatoms. The number of fused-ring (bicyclic) bond motifs is 1. The molecular formula is C24H23Cl2FN6O2. The van der Waals surface area contributed by atoms with Gasteiger partial charge in [-0.05, 0) is 35.4 Å². The number of nitrogens with zero attached hydrogens (tertiary/aromatic N) is 2. The van der Waals surface area contributed by atoms with E-state index >= 15 is 0 Å². The summed E-state index contributed by atoms with van der Waals surface area (Å²) in [6.45, 7) is 0.246. The van der Waals surface area contributed by atoms with E-state index in [4.69, 9.17) is 17.3 Å². The highest BCUT2D eigenvalue weighted by molar-refractivity contribution is 6.35. The highest BCUT2D eigenvalue weighted by Crippen LogP contribution is 2.25. The summed E-state index contributed by atoms with van der Waals surface area (Å²) in [6, 6.07) is 8.43. The molecule has 2 amide bonds. The molecular weight excluding hydrogens is 494 g/mol. The number of amides is 2. The Morgan fingerprint density at radius 3 is 2.63 bits per heavy atom. The van der Waals surface area contributed by atoms with Gasteiger partial charge in [0, 0.05) is 54.2 Å².